The first-order chi connectivity index (χ1) is 14.9. The zero-order valence-corrected chi connectivity index (χ0v) is 21.6. The van der Waals surface area contributed by atoms with Gasteiger partial charge in [0.2, 0.25) is 10.0 Å². The molecule has 1 saturated heterocycles. The maximum absolute atomic E-state index is 12.7. The van der Waals surface area contributed by atoms with Crippen molar-refractivity contribution in [2.45, 2.75) is 37.2 Å². The van der Waals surface area contributed by atoms with Gasteiger partial charge in [-0.2, -0.15) is 4.31 Å². The molecule has 0 saturated carbocycles. The van der Waals surface area contributed by atoms with Crippen molar-refractivity contribution in [3.63, 3.8) is 0 Å². The Bertz CT molecular complexity index is 1010. The number of sulfonamides is 1. The van der Waals surface area contributed by atoms with Crippen molar-refractivity contribution < 1.29 is 17.9 Å². The summed E-state index contributed by atoms with van der Waals surface area (Å²) in [4.78, 5) is 4.67. The van der Waals surface area contributed by atoms with Gasteiger partial charge in [0, 0.05) is 19.6 Å². The second kappa shape index (κ2) is 12.3. The highest BCUT2D eigenvalue weighted by molar-refractivity contribution is 14.0. The van der Waals surface area contributed by atoms with Crippen LogP contribution in [-0.4, -0.2) is 46.0 Å². The van der Waals surface area contributed by atoms with Gasteiger partial charge in [-0.15, -0.1) is 24.0 Å². The number of hydrogen-bond acceptors (Lipinski definition) is 5. The molecule has 2 aromatic rings. The molecule has 1 heterocycles. The third-order valence-electron chi connectivity index (χ3n) is 5.23. The maximum Gasteiger partial charge on any atom is 0.243 e. The van der Waals surface area contributed by atoms with Crippen LogP contribution in [0.15, 0.2) is 52.4 Å². The molecule has 0 aliphatic carbocycles. The standard InChI is InChI=1S/C22H30N4O4S.HI/c1-29-20-11-8-18(14-21(20)30-2)16-25-22(23)24-15-17-6-9-19(10-7-17)31(27,28)26-12-4-3-5-13-26;/h6-11,14H,3-5,12-13,15-16H2,1-2H3,(H3,23,24,25);1H. The van der Waals surface area contributed by atoms with E-state index in [-0.39, 0.29) is 24.0 Å². The second-order valence-electron chi connectivity index (χ2n) is 7.35. The van der Waals surface area contributed by atoms with E-state index in [0.29, 0.717) is 48.5 Å². The molecule has 0 amide bonds. The van der Waals surface area contributed by atoms with Crippen LogP contribution in [0, 0.1) is 0 Å². The van der Waals surface area contributed by atoms with E-state index < -0.39 is 10.0 Å². The van der Waals surface area contributed by atoms with Crippen LogP contribution in [0.25, 0.3) is 0 Å². The Morgan fingerprint density at radius 1 is 1.00 bits per heavy atom. The number of aliphatic imine (C=N–C) groups is 1. The molecule has 0 unspecified atom stereocenters. The number of methoxy groups -OCH3 is 2. The molecule has 0 radical (unpaired) electrons. The van der Waals surface area contributed by atoms with Gasteiger partial charge in [0.15, 0.2) is 17.5 Å². The Kier molecular flexibility index (Phi) is 10.0. The van der Waals surface area contributed by atoms with E-state index in [0.717, 1.165) is 30.4 Å². The van der Waals surface area contributed by atoms with Crippen LogP contribution < -0.4 is 20.5 Å². The van der Waals surface area contributed by atoms with Crippen molar-refractivity contribution in [1.82, 2.24) is 9.62 Å². The third-order valence-corrected chi connectivity index (χ3v) is 7.14. The van der Waals surface area contributed by atoms with Crippen molar-refractivity contribution in [2.75, 3.05) is 27.3 Å². The summed E-state index contributed by atoms with van der Waals surface area (Å²) in [6.07, 6.45) is 2.93. The van der Waals surface area contributed by atoms with Gasteiger partial charge < -0.3 is 20.5 Å². The number of nitrogens with two attached hydrogens (primary N) is 1. The fourth-order valence-electron chi connectivity index (χ4n) is 3.44. The summed E-state index contributed by atoms with van der Waals surface area (Å²) in [6, 6.07) is 12.5. The minimum absolute atomic E-state index is 0. The molecule has 0 spiro atoms. The van der Waals surface area contributed by atoms with Crippen LogP contribution >= 0.6 is 24.0 Å². The van der Waals surface area contributed by atoms with Gasteiger partial charge in [-0.25, -0.2) is 13.4 Å². The molecule has 3 N–H and O–H groups in total. The lowest BCUT2D eigenvalue weighted by Crippen LogP contribution is -2.35. The van der Waals surface area contributed by atoms with E-state index in [9.17, 15) is 8.42 Å². The predicted molar refractivity (Wildman–Crippen MR) is 136 cm³/mol. The number of nitrogens with zero attached hydrogens (tertiary/aromatic N) is 2. The summed E-state index contributed by atoms with van der Waals surface area (Å²) < 4.78 is 37.5. The number of ether oxygens (including phenoxy) is 2. The number of halogens is 1. The van der Waals surface area contributed by atoms with Gasteiger partial charge in [-0.1, -0.05) is 24.6 Å². The van der Waals surface area contributed by atoms with Crippen molar-refractivity contribution in [1.29, 1.82) is 0 Å². The van der Waals surface area contributed by atoms with Crippen LogP contribution in [0.1, 0.15) is 30.4 Å². The largest absolute Gasteiger partial charge is 0.493 e. The quantitative estimate of drug-likeness (QED) is 0.285. The van der Waals surface area contributed by atoms with E-state index in [2.05, 4.69) is 10.3 Å². The molecule has 0 atom stereocenters. The first kappa shape index (κ1) is 26.2. The average Bonchev–Trinajstić information content (AvgIpc) is 2.82. The van der Waals surface area contributed by atoms with Gasteiger partial charge in [0.25, 0.3) is 0 Å². The van der Waals surface area contributed by atoms with E-state index >= 15 is 0 Å². The SMILES string of the molecule is COc1ccc(CN=C(N)NCc2ccc(S(=O)(=O)N3CCCCC3)cc2)cc1OC.I. The number of benzene rings is 2. The Labute approximate surface area is 207 Å². The van der Waals surface area contributed by atoms with Gasteiger partial charge in [-0.05, 0) is 48.2 Å². The Morgan fingerprint density at radius 3 is 2.25 bits per heavy atom. The van der Waals surface area contributed by atoms with E-state index in [1.165, 1.54) is 0 Å². The lowest BCUT2D eigenvalue weighted by molar-refractivity contribution is 0.346. The van der Waals surface area contributed by atoms with Crippen LogP contribution in [0.5, 0.6) is 11.5 Å². The lowest BCUT2D eigenvalue weighted by atomic mass is 10.2. The Balaban J connectivity index is 0.00000363. The second-order valence-corrected chi connectivity index (χ2v) is 9.29. The molecule has 3 rings (SSSR count). The average molecular weight is 574 g/mol. The molecule has 1 aliphatic rings. The first-order valence-electron chi connectivity index (χ1n) is 10.3. The molecule has 2 aromatic carbocycles. The normalized spacial score (nSPS) is 15.0. The topological polar surface area (TPSA) is 106 Å². The summed E-state index contributed by atoms with van der Waals surface area (Å²) in [7, 11) is -0.237. The zero-order chi connectivity index (χ0) is 22.3. The number of nitrogens with one attached hydrogen (secondary N) is 1. The molecule has 32 heavy (non-hydrogen) atoms. The molecule has 1 fully saturated rings. The van der Waals surface area contributed by atoms with E-state index in [1.54, 1.807) is 42.8 Å². The van der Waals surface area contributed by atoms with Gasteiger partial charge in [0.05, 0.1) is 25.7 Å². The molecule has 0 bridgehead atoms. The first-order valence-corrected chi connectivity index (χ1v) is 11.7. The smallest absolute Gasteiger partial charge is 0.243 e. The summed E-state index contributed by atoms with van der Waals surface area (Å²) in [6.45, 7) is 2.04. The summed E-state index contributed by atoms with van der Waals surface area (Å²) in [5, 5.41) is 3.05. The number of piperidine rings is 1. The highest BCUT2D eigenvalue weighted by Gasteiger charge is 2.25. The van der Waals surface area contributed by atoms with E-state index in [1.807, 2.05) is 18.2 Å². The molecule has 8 nitrogen and oxygen atoms in total. The Hall–Kier alpha value is -2.05. The van der Waals surface area contributed by atoms with Crippen LogP contribution in [0.4, 0.5) is 0 Å². The van der Waals surface area contributed by atoms with Crippen LogP contribution in [0.3, 0.4) is 0 Å². The third kappa shape index (κ3) is 6.72. The fraction of sp³-hybridized carbons (Fsp3) is 0.409. The van der Waals surface area contributed by atoms with Crippen molar-refractivity contribution >= 4 is 40.0 Å². The molecular formula is C22H31IN4O4S. The van der Waals surface area contributed by atoms with E-state index in [4.69, 9.17) is 15.2 Å². The molecule has 0 aromatic heterocycles. The van der Waals surface area contributed by atoms with Crippen molar-refractivity contribution in [3.8, 4) is 11.5 Å². The highest BCUT2D eigenvalue weighted by atomic mass is 127. The van der Waals surface area contributed by atoms with Gasteiger partial charge in [0.1, 0.15) is 0 Å². The zero-order valence-electron chi connectivity index (χ0n) is 18.4. The maximum atomic E-state index is 12.7. The minimum Gasteiger partial charge on any atom is -0.493 e. The summed E-state index contributed by atoms with van der Waals surface area (Å²) in [5.74, 6) is 1.60. The Morgan fingerprint density at radius 2 is 1.62 bits per heavy atom. The van der Waals surface area contributed by atoms with Crippen LogP contribution in [-0.2, 0) is 23.1 Å². The number of guanidine groups is 1. The summed E-state index contributed by atoms with van der Waals surface area (Å²) in [5.41, 5.74) is 7.83. The molecule has 1 aliphatic heterocycles. The van der Waals surface area contributed by atoms with Crippen molar-refractivity contribution in [2.24, 2.45) is 10.7 Å². The molecular weight excluding hydrogens is 543 g/mol. The predicted octanol–water partition coefficient (Wildman–Crippen LogP) is 3.10. The monoisotopic (exact) mass is 574 g/mol. The number of hydrogen-bond donors (Lipinski definition) is 2. The van der Waals surface area contributed by atoms with Gasteiger partial charge >= 0.3 is 0 Å². The highest BCUT2D eigenvalue weighted by Crippen LogP contribution is 2.27. The summed E-state index contributed by atoms with van der Waals surface area (Å²) >= 11 is 0. The lowest BCUT2D eigenvalue weighted by Gasteiger charge is -2.25. The molecule has 10 heteroatoms. The van der Waals surface area contributed by atoms with Gasteiger partial charge in [-0.3, -0.25) is 0 Å². The van der Waals surface area contributed by atoms with Crippen molar-refractivity contribution in [3.05, 3.63) is 53.6 Å². The minimum atomic E-state index is -3.41. The van der Waals surface area contributed by atoms with Crippen LogP contribution in [0.2, 0.25) is 0 Å². The number of rotatable bonds is 8. The molecule has 176 valence electrons. The fourth-order valence-corrected chi connectivity index (χ4v) is 4.95.